The number of hydrazone groups is 1. The number of anilines is 1. The Morgan fingerprint density at radius 3 is 2.58 bits per heavy atom. The third-order valence-electron chi connectivity index (χ3n) is 3.94. The van der Waals surface area contributed by atoms with Gasteiger partial charge in [0.1, 0.15) is 0 Å². The minimum atomic E-state index is 0.462. The molecule has 0 bridgehead atoms. The van der Waals surface area contributed by atoms with Crippen LogP contribution in [0.15, 0.2) is 72.0 Å². The molecular weight excluding hydrogens is 340 g/mol. The van der Waals surface area contributed by atoms with Gasteiger partial charge in [0.2, 0.25) is 0 Å². The molecule has 2 N–H and O–H groups in total. The molecule has 1 aromatic heterocycles. The molecule has 0 aliphatic rings. The summed E-state index contributed by atoms with van der Waals surface area (Å²) in [4.78, 5) is 0. The zero-order valence-corrected chi connectivity index (χ0v) is 15.8. The lowest BCUT2D eigenvalue weighted by atomic mass is 10.1. The average molecular weight is 363 g/mol. The Morgan fingerprint density at radius 2 is 1.81 bits per heavy atom. The smallest absolute Gasteiger partial charge is 0.191 e. The van der Waals surface area contributed by atoms with Gasteiger partial charge in [0.25, 0.3) is 0 Å². The van der Waals surface area contributed by atoms with E-state index in [9.17, 15) is 0 Å². The third kappa shape index (κ3) is 5.04. The van der Waals surface area contributed by atoms with E-state index in [4.69, 9.17) is 12.2 Å². The van der Waals surface area contributed by atoms with Gasteiger partial charge in [-0.05, 0) is 61.5 Å². The first-order chi connectivity index (χ1) is 12.6. The minimum absolute atomic E-state index is 0.462. The number of nitrogens with zero attached hydrogens (tertiary/aromatic N) is 2. The second kappa shape index (κ2) is 8.45. The lowest BCUT2D eigenvalue weighted by Gasteiger charge is -2.09. The van der Waals surface area contributed by atoms with E-state index in [2.05, 4.69) is 51.6 Å². The van der Waals surface area contributed by atoms with E-state index in [1.165, 1.54) is 16.7 Å². The molecule has 0 fully saturated rings. The Bertz CT molecular complexity index is 927. The highest BCUT2D eigenvalue weighted by molar-refractivity contribution is 7.80. The van der Waals surface area contributed by atoms with E-state index in [0.717, 1.165) is 17.9 Å². The molecule has 0 unspecified atom stereocenters. The van der Waals surface area contributed by atoms with Crippen molar-refractivity contribution in [2.24, 2.45) is 5.10 Å². The van der Waals surface area contributed by atoms with Gasteiger partial charge in [0.05, 0.1) is 11.9 Å². The first-order valence-electron chi connectivity index (χ1n) is 8.47. The summed E-state index contributed by atoms with van der Waals surface area (Å²) < 4.78 is 2.15. The Labute approximate surface area is 159 Å². The van der Waals surface area contributed by atoms with Crippen LogP contribution in [0.2, 0.25) is 0 Å². The number of rotatable bonds is 5. The number of aryl methyl sites for hydroxylation is 2. The molecule has 5 heteroatoms. The zero-order chi connectivity index (χ0) is 18.4. The quantitative estimate of drug-likeness (QED) is 0.400. The van der Waals surface area contributed by atoms with Crippen LogP contribution >= 0.6 is 12.2 Å². The number of hydrogen-bond acceptors (Lipinski definition) is 2. The number of aromatic nitrogens is 1. The monoisotopic (exact) mass is 362 g/mol. The van der Waals surface area contributed by atoms with Crippen molar-refractivity contribution in [3.8, 4) is 0 Å². The standard InChI is InChI=1S/C21H22N4S/c1-16-6-3-8-18(12-16)15-25-11-5-10-20(25)14-22-24-21(26)23-19-9-4-7-17(2)13-19/h3-14H,15H2,1-2H3,(H2,23,24,26). The van der Waals surface area contributed by atoms with Gasteiger partial charge in [-0.25, -0.2) is 0 Å². The molecular formula is C21H22N4S. The van der Waals surface area contributed by atoms with Crippen LogP contribution in [0.1, 0.15) is 22.4 Å². The summed E-state index contributed by atoms with van der Waals surface area (Å²) >= 11 is 5.28. The van der Waals surface area contributed by atoms with Crippen LogP contribution in [-0.2, 0) is 6.54 Å². The maximum Gasteiger partial charge on any atom is 0.191 e. The second-order valence-electron chi connectivity index (χ2n) is 6.24. The van der Waals surface area contributed by atoms with Crippen molar-refractivity contribution < 1.29 is 0 Å². The maximum absolute atomic E-state index is 5.28. The molecule has 0 amide bonds. The molecule has 0 saturated heterocycles. The minimum Gasteiger partial charge on any atom is -0.342 e. The summed E-state index contributed by atoms with van der Waals surface area (Å²) in [6.45, 7) is 4.96. The fourth-order valence-electron chi connectivity index (χ4n) is 2.73. The van der Waals surface area contributed by atoms with E-state index in [0.29, 0.717) is 5.11 Å². The molecule has 132 valence electrons. The average Bonchev–Trinajstić information content (AvgIpc) is 3.02. The zero-order valence-electron chi connectivity index (χ0n) is 14.9. The van der Waals surface area contributed by atoms with Crippen LogP contribution < -0.4 is 10.7 Å². The molecule has 0 atom stereocenters. The van der Waals surface area contributed by atoms with Crippen LogP contribution in [-0.4, -0.2) is 15.9 Å². The van der Waals surface area contributed by atoms with Crippen molar-refractivity contribution >= 4 is 29.2 Å². The van der Waals surface area contributed by atoms with Crippen molar-refractivity contribution in [3.05, 3.63) is 89.2 Å². The van der Waals surface area contributed by atoms with Gasteiger partial charge in [0.15, 0.2) is 5.11 Å². The van der Waals surface area contributed by atoms with Crippen molar-refractivity contribution in [2.75, 3.05) is 5.32 Å². The molecule has 0 aliphatic carbocycles. The van der Waals surface area contributed by atoms with Gasteiger partial charge in [0, 0.05) is 18.4 Å². The van der Waals surface area contributed by atoms with Gasteiger partial charge in [-0.2, -0.15) is 5.10 Å². The topological polar surface area (TPSA) is 41.4 Å². The number of benzene rings is 2. The summed E-state index contributed by atoms with van der Waals surface area (Å²) in [5.74, 6) is 0. The van der Waals surface area contributed by atoms with Crippen LogP contribution in [0, 0.1) is 13.8 Å². The molecule has 3 rings (SSSR count). The third-order valence-corrected chi connectivity index (χ3v) is 4.13. The number of thiocarbonyl (C=S) groups is 1. The van der Waals surface area contributed by atoms with Gasteiger partial charge in [-0.15, -0.1) is 0 Å². The summed E-state index contributed by atoms with van der Waals surface area (Å²) in [6, 6.07) is 20.6. The number of nitrogens with one attached hydrogen (secondary N) is 2. The lowest BCUT2D eigenvalue weighted by Crippen LogP contribution is -2.24. The summed E-state index contributed by atoms with van der Waals surface area (Å²) in [5.41, 5.74) is 8.53. The van der Waals surface area contributed by atoms with Crippen molar-refractivity contribution in [3.63, 3.8) is 0 Å². The van der Waals surface area contributed by atoms with Crippen LogP contribution in [0.3, 0.4) is 0 Å². The molecule has 0 aliphatic heterocycles. The molecule has 0 spiro atoms. The van der Waals surface area contributed by atoms with Gasteiger partial charge >= 0.3 is 0 Å². The highest BCUT2D eigenvalue weighted by atomic mass is 32.1. The fraction of sp³-hybridized carbons (Fsp3) is 0.143. The molecule has 0 saturated carbocycles. The van der Waals surface area contributed by atoms with Gasteiger partial charge < -0.3 is 9.88 Å². The van der Waals surface area contributed by atoms with E-state index < -0.39 is 0 Å². The van der Waals surface area contributed by atoms with E-state index >= 15 is 0 Å². The molecule has 0 radical (unpaired) electrons. The van der Waals surface area contributed by atoms with Crippen molar-refractivity contribution in [2.45, 2.75) is 20.4 Å². The van der Waals surface area contributed by atoms with Gasteiger partial charge in [-0.3, -0.25) is 5.43 Å². The summed E-state index contributed by atoms with van der Waals surface area (Å²) in [6.07, 6.45) is 3.83. The van der Waals surface area contributed by atoms with Crippen LogP contribution in [0.25, 0.3) is 0 Å². The first kappa shape index (κ1) is 17.9. The van der Waals surface area contributed by atoms with E-state index in [1.54, 1.807) is 6.21 Å². The predicted octanol–water partition coefficient (Wildman–Crippen LogP) is 4.47. The van der Waals surface area contributed by atoms with E-state index in [-0.39, 0.29) is 0 Å². The predicted molar refractivity (Wildman–Crippen MR) is 113 cm³/mol. The molecule has 26 heavy (non-hydrogen) atoms. The molecule has 1 heterocycles. The summed E-state index contributed by atoms with van der Waals surface area (Å²) in [7, 11) is 0. The fourth-order valence-corrected chi connectivity index (χ4v) is 2.91. The molecule has 2 aromatic carbocycles. The lowest BCUT2D eigenvalue weighted by molar-refractivity contribution is 0.798. The Balaban J connectivity index is 1.59. The Morgan fingerprint density at radius 1 is 1.04 bits per heavy atom. The highest BCUT2D eigenvalue weighted by Crippen LogP contribution is 2.10. The number of hydrogen-bond donors (Lipinski definition) is 2. The molecule has 4 nitrogen and oxygen atoms in total. The van der Waals surface area contributed by atoms with Crippen molar-refractivity contribution in [1.29, 1.82) is 0 Å². The van der Waals surface area contributed by atoms with E-state index in [1.807, 2.05) is 49.5 Å². The van der Waals surface area contributed by atoms with Crippen LogP contribution in [0.4, 0.5) is 5.69 Å². The first-order valence-corrected chi connectivity index (χ1v) is 8.88. The summed E-state index contributed by atoms with van der Waals surface area (Å²) in [5, 5.41) is 7.84. The largest absolute Gasteiger partial charge is 0.342 e. The van der Waals surface area contributed by atoms with Crippen LogP contribution in [0.5, 0.6) is 0 Å². The Hall–Kier alpha value is -2.92. The van der Waals surface area contributed by atoms with Gasteiger partial charge in [-0.1, -0.05) is 42.0 Å². The second-order valence-corrected chi connectivity index (χ2v) is 6.65. The highest BCUT2D eigenvalue weighted by Gasteiger charge is 2.01. The Kier molecular flexibility index (Phi) is 5.81. The SMILES string of the molecule is Cc1cccc(Cn2cccc2C=NNC(=S)Nc2cccc(C)c2)c1. The normalized spacial score (nSPS) is 10.8. The van der Waals surface area contributed by atoms with Crippen molar-refractivity contribution in [1.82, 2.24) is 9.99 Å². The maximum atomic E-state index is 5.28. The molecule has 3 aromatic rings.